The highest BCUT2D eigenvalue weighted by molar-refractivity contribution is 5.95. The van der Waals surface area contributed by atoms with Gasteiger partial charge in [0.25, 0.3) is 5.91 Å². The highest BCUT2D eigenvalue weighted by Gasteiger charge is 2.25. The average Bonchev–Trinajstić information content (AvgIpc) is 2.77. The third-order valence-corrected chi connectivity index (χ3v) is 4.31. The Morgan fingerprint density at radius 1 is 1.00 bits per heavy atom. The van der Waals surface area contributed by atoms with E-state index in [1.54, 1.807) is 12.1 Å². The molecule has 31 heavy (non-hydrogen) atoms. The highest BCUT2D eigenvalue weighted by Crippen LogP contribution is 2.34. The molecule has 0 unspecified atom stereocenters. The molecule has 4 aromatic rings. The number of carbonyl (C=O) groups excluding carboxylic acids is 1. The lowest BCUT2D eigenvalue weighted by atomic mass is 10.1. The second kappa shape index (κ2) is 8.41. The Kier molecular flexibility index (Phi) is 5.35. The molecule has 1 aromatic heterocycles. The minimum atomic E-state index is -0.719. The number of anilines is 1. The lowest BCUT2D eigenvalue weighted by Crippen LogP contribution is -2.30. The molecule has 0 saturated carbocycles. The fraction of sp³-hybridized carbons (Fsp3) is 0. The molecule has 0 aliphatic carbocycles. The molecule has 0 aliphatic rings. The van der Waals surface area contributed by atoms with E-state index in [-0.39, 0.29) is 17.3 Å². The summed E-state index contributed by atoms with van der Waals surface area (Å²) >= 11 is 0. The van der Waals surface area contributed by atoms with E-state index in [9.17, 15) is 19.3 Å². The Morgan fingerprint density at radius 2 is 1.74 bits per heavy atom. The molecule has 1 heterocycles. The Morgan fingerprint density at radius 3 is 2.48 bits per heavy atom. The van der Waals surface area contributed by atoms with Gasteiger partial charge in [-0.25, -0.2) is 9.37 Å². The Bertz CT molecular complexity index is 1280. The van der Waals surface area contributed by atoms with Crippen LogP contribution in [0, 0.1) is 15.9 Å². The topological polar surface area (TPSA) is 119 Å². The van der Waals surface area contributed by atoms with E-state index in [1.165, 1.54) is 12.1 Å². The van der Waals surface area contributed by atoms with Crippen LogP contribution in [0.2, 0.25) is 0 Å². The van der Waals surface area contributed by atoms with E-state index in [0.717, 1.165) is 29.2 Å². The van der Waals surface area contributed by atoms with Crippen LogP contribution in [0.4, 0.5) is 15.9 Å². The maximum Gasteiger partial charge on any atom is 0.374 e. The van der Waals surface area contributed by atoms with Crippen LogP contribution in [0.3, 0.4) is 0 Å². The van der Waals surface area contributed by atoms with E-state index in [1.807, 2.05) is 30.3 Å². The van der Waals surface area contributed by atoms with E-state index in [2.05, 4.69) is 20.8 Å². The first-order valence-corrected chi connectivity index (χ1v) is 8.99. The molecule has 0 bridgehead atoms. The lowest BCUT2D eigenvalue weighted by molar-refractivity contribution is -0.385. The van der Waals surface area contributed by atoms with Gasteiger partial charge >= 0.3 is 11.6 Å². The molecule has 0 fully saturated rings. The van der Waals surface area contributed by atoms with Crippen LogP contribution in [0.25, 0.3) is 10.8 Å². The van der Waals surface area contributed by atoms with E-state index < -0.39 is 22.3 Å². The number of benzene rings is 3. The monoisotopic (exact) mass is 419 g/mol. The van der Waals surface area contributed by atoms with Crippen molar-refractivity contribution in [3.05, 3.63) is 94.6 Å². The first-order valence-electron chi connectivity index (χ1n) is 8.99. The molecular weight excluding hydrogens is 405 g/mol. The fourth-order valence-electron chi connectivity index (χ4n) is 2.83. The molecule has 2 N–H and O–H groups in total. The molecule has 0 saturated heterocycles. The summed E-state index contributed by atoms with van der Waals surface area (Å²) in [6, 6.07) is 17.6. The number of hydrazine groups is 1. The van der Waals surface area contributed by atoms with Gasteiger partial charge in [-0.05, 0) is 47.2 Å². The first kappa shape index (κ1) is 19.7. The van der Waals surface area contributed by atoms with Gasteiger partial charge < -0.3 is 4.74 Å². The van der Waals surface area contributed by atoms with Crippen molar-refractivity contribution in [3.63, 3.8) is 0 Å². The number of amides is 1. The molecule has 3 aromatic carbocycles. The Labute approximate surface area is 174 Å². The van der Waals surface area contributed by atoms with Crippen LogP contribution < -0.4 is 15.6 Å². The SMILES string of the molecule is O=C(NNc1ncnc(Oc2ccc3ccccc3c2)c1[N+](=O)[O-])c1ccc(F)cc1. The predicted octanol–water partition coefficient (Wildman–Crippen LogP) is 4.23. The summed E-state index contributed by atoms with van der Waals surface area (Å²) < 4.78 is 18.6. The minimum absolute atomic E-state index is 0.151. The number of hydrogen-bond donors (Lipinski definition) is 2. The van der Waals surface area contributed by atoms with E-state index in [0.29, 0.717) is 5.75 Å². The van der Waals surface area contributed by atoms with Gasteiger partial charge in [-0.15, -0.1) is 0 Å². The van der Waals surface area contributed by atoms with Crippen LogP contribution in [0.1, 0.15) is 10.4 Å². The number of nitro groups is 1. The number of carbonyl (C=O) groups is 1. The second-order valence-electron chi connectivity index (χ2n) is 6.33. The molecule has 10 heteroatoms. The van der Waals surface area contributed by atoms with E-state index in [4.69, 9.17) is 4.74 Å². The summed E-state index contributed by atoms with van der Waals surface area (Å²) in [6.45, 7) is 0. The van der Waals surface area contributed by atoms with Crippen LogP contribution in [-0.4, -0.2) is 20.8 Å². The van der Waals surface area contributed by atoms with Gasteiger partial charge in [-0.1, -0.05) is 30.3 Å². The van der Waals surface area contributed by atoms with Gasteiger partial charge in [0.15, 0.2) is 0 Å². The molecule has 1 amide bonds. The zero-order valence-electron chi connectivity index (χ0n) is 15.8. The highest BCUT2D eigenvalue weighted by atomic mass is 19.1. The standard InChI is InChI=1S/C21H14FN5O4/c22-16-8-5-14(6-9-16)20(28)26-25-19-18(27(29)30)21(24-12-23-19)31-17-10-7-13-3-1-2-4-15(13)11-17/h1-12H,(H,26,28)(H,23,24,25). The number of nitrogens with one attached hydrogen (secondary N) is 2. The lowest BCUT2D eigenvalue weighted by Gasteiger charge is -2.10. The second-order valence-corrected chi connectivity index (χ2v) is 6.33. The van der Waals surface area contributed by atoms with Crippen molar-refractivity contribution < 1.29 is 18.8 Å². The number of hydrogen-bond acceptors (Lipinski definition) is 7. The molecule has 9 nitrogen and oxygen atoms in total. The van der Waals surface area contributed by atoms with Gasteiger partial charge in [0, 0.05) is 5.56 Å². The zero-order chi connectivity index (χ0) is 21.8. The van der Waals surface area contributed by atoms with Crippen LogP contribution >= 0.6 is 0 Å². The van der Waals surface area contributed by atoms with Crippen molar-refractivity contribution in [2.45, 2.75) is 0 Å². The fourth-order valence-corrected chi connectivity index (χ4v) is 2.83. The maximum absolute atomic E-state index is 13.0. The molecule has 0 spiro atoms. The van der Waals surface area contributed by atoms with Crippen molar-refractivity contribution in [3.8, 4) is 11.6 Å². The number of fused-ring (bicyclic) bond motifs is 1. The van der Waals surface area contributed by atoms with Crippen molar-refractivity contribution in [2.75, 3.05) is 5.43 Å². The number of nitrogens with zero attached hydrogens (tertiary/aromatic N) is 3. The quantitative estimate of drug-likeness (QED) is 0.355. The average molecular weight is 419 g/mol. The zero-order valence-corrected chi connectivity index (χ0v) is 15.8. The number of aromatic nitrogens is 2. The molecule has 0 radical (unpaired) electrons. The van der Waals surface area contributed by atoms with E-state index >= 15 is 0 Å². The summed E-state index contributed by atoms with van der Waals surface area (Å²) in [6.07, 6.45) is 1.07. The van der Waals surface area contributed by atoms with Gasteiger partial charge in [0.1, 0.15) is 17.9 Å². The van der Waals surface area contributed by atoms with Crippen LogP contribution in [0.15, 0.2) is 73.1 Å². The Hall–Kier alpha value is -4.60. The van der Waals surface area contributed by atoms with Gasteiger partial charge in [0.2, 0.25) is 5.82 Å². The molecule has 4 rings (SSSR count). The number of ether oxygens (including phenoxy) is 1. The Balaban J connectivity index is 1.57. The number of rotatable bonds is 6. The summed E-state index contributed by atoms with van der Waals surface area (Å²) in [5, 5.41) is 13.5. The summed E-state index contributed by atoms with van der Waals surface area (Å²) in [4.78, 5) is 30.8. The van der Waals surface area contributed by atoms with Gasteiger partial charge in [-0.3, -0.25) is 25.8 Å². The predicted molar refractivity (Wildman–Crippen MR) is 110 cm³/mol. The third kappa shape index (κ3) is 4.37. The molecule has 154 valence electrons. The van der Waals surface area contributed by atoms with Crippen molar-refractivity contribution in [2.24, 2.45) is 0 Å². The van der Waals surface area contributed by atoms with Crippen molar-refractivity contribution in [1.82, 2.24) is 15.4 Å². The van der Waals surface area contributed by atoms with Crippen LogP contribution in [-0.2, 0) is 0 Å². The largest absolute Gasteiger partial charge is 0.434 e. The van der Waals surface area contributed by atoms with Crippen LogP contribution in [0.5, 0.6) is 11.6 Å². The normalized spacial score (nSPS) is 10.5. The summed E-state index contributed by atoms with van der Waals surface area (Å²) in [5.74, 6) is -1.35. The molecule has 0 aliphatic heterocycles. The third-order valence-electron chi connectivity index (χ3n) is 4.31. The minimum Gasteiger partial charge on any atom is -0.434 e. The smallest absolute Gasteiger partial charge is 0.374 e. The van der Waals surface area contributed by atoms with Gasteiger partial charge in [-0.2, -0.15) is 4.98 Å². The molecular formula is C21H14FN5O4. The number of halogens is 1. The van der Waals surface area contributed by atoms with Crippen molar-refractivity contribution >= 4 is 28.2 Å². The first-order chi connectivity index (χ1) is 15.0. The maximum atomic E-state index is 13.0. The molecule has 0 atom stereocenters. The summed E-state index contributed by atoms with van der Waals surface area (Å²) in [7, 11) is 0. The van der Waals surface area contributed by atoms with Crippen molar-refractivity contribution in [1.29, 1.82) is 0 Å². The van der Waals surface area contributed by atoms with Gasteiger partial charge in [0.05, 0.1) is 4.92 Å². The summed E-state index contributed by atoms with van der Waals surface area (Å²) in [5.41, 5.74) is 4.27.